The van der Waals surface area contributed by atoms with E-state index in [9.17, 15) is 0 Å². The minimum absolute atomic E-state index is 0.862. The Morgan fingerprint density at radius 3 is 2.75 bits per heavy atom. The lowest BCUT2D eigenvalue weighted by Gasteiger charge is -2.08. The van der Waals surface area contributed by atoms with E-state index in [0.29, 0.717) is 0 Å². The molecular formula is C18H29NO. The summed E-state index contributed by atoms with van der Waals surface area (Å²) in [5.74, 6) is 1.07. The third-order valence-electron chi connectivity index (χ3n) is 4.01. The molecule has 112 valence electrons. The molecular weight excluding hydrogens is 246 g/mol. The molecule has 1 aliphatic carbocycles. The van der Waals surface area contributed by atoms with Gasteiger partial charge < -0.3 is 10.1 Å². The molecule has 0 saturated carbocycles. The zero-order chi connectivity index (χ0) is 14.0. The summed E-state index contributed by atoms with van der Waals surface area (Å²) in [6, 6.07) is 6.63. The van der Waals surface area contributed by atoms with Crippen LogP contribution in [0.4, 0.5) is 0 Å². The van der Waals surface area contributed by atoms with Crippen molar-refractivity contribution in [3.8, 4) is 5.75 Å². The third kappa shape index (κ3) is 5.16. The van der Waals surface area contributed by atoms with Gasteiger partial charge in [0, 0.05) is 0 Å². The van der Waals surface area contributed by atoms with Crippen molar-refractivity contribution in [3.63, 3.8) is 0 Å². The highest BCUT2D eigenvalue weighted by Crippen LogP contribution is 2.26. The van der Waals surface area contributed by atoms with E-state index in [2.05, 4.69) is 30.4 Å². The first-order valence-electron chi connectivity index (χ1n) is 8.35. The summed E-state index contributed by atoms with van der Waals surface area (Å²) in [7, 11) is 0. The molecule has 1 aromatic rings. The average Bonchev–Trinajstić information content (AvgIpc) is 2.93. The number of fused-ring (bicyclic) bond motifs is 1. The van der Waals surface area contributed by atoms with Crippen LogP contribution in [0.25, 0.3) is 0 Å². The highest BCUT2D eigenvalue weighted by Gasteiger charge is 2.10. The van der Waals surface area contributed by atoms with Gasteiger partial charge in [-0.1, -0.05) is 25.8 Å². The van der Waals surface area contributed by atoms with Gasteiger partial charge in [-0.15, -0.1) is 0 Å². The molecule has 2 heteroatoms. The van der Waals surface area contributed by atoms with Crippen LogP contribution in [0.3, 0.4) is 0 Å². The van der Waals surface area contributed by atoms with Crippen molar-refractivity contribution in [2.24, 2.45) is 0 Å². The number of hydrogen-bond donors (Lipinski definition) is 1. The minimum atomic E-state index is 0.862. The largest absolute Gasteiger partial charge is 0.494 e. The first-order valence-corrected chi connectivity index (χ1v) is 8.35. The van der Waals surface area contributed by atoms with Gasteiger partial charge in [-0.05, 0) is 74.9 Å². The second kappa shape index (κ2) is 9.02. The molecule has 0 unspecified atom stereocenters. The Bertz CT molecular complexity index is 389. The minimum Gasteiger partial charge on any atom is -0.494 e. The van der Waals surface area contributed by atoms with Crippen LogP contribution in [0.1, 0.15) is 56.6 Å². The van der Waals surface area contributed by atoms with E-state index in [0.717, 1.165) is 18.9 Å². The maximum absolute atomic E-state index is 5.86. The number of unbranched alkanes of at least 4 members (excludes halogenated alkanes) is 3. The zero-order valence-corrected chi connectivity index (χ0v) is 12.9. The lowest BCUT2D eigenvalue weighted by atomic mass is 10.1. The Morgan fingerprint density at radius 2 is 1.85 bits per heavy atom. The van der Waals surface area contributed by atoms with Gasteiger partial charge >= 0.3 is 0 Å². The van der Waals surface area contributed by atoms with Gasteiger partial charge in [0.1, 0.15) is 5.75 Å². The number of ether oxygens (including phenoxy) is 1. The van der Waals surface area contributed by atoms with Crippen molar-refractivity contribution in [1.29, 1.82) is 0 Å². The molecule has 2 nitrogen and oxygen atoms in total. The van der Waals surface area contributed by atoms with Crippen LogP contribution in [0.15, 0.2) is 18.2 Å². The zero-order valence-electron chi connectivity index (χ0n) is 12.9. The van der Waals surface area contributed by atoms with Crippen LogP contribution < -0.4 is 10.1 Å². The number of rotatable bonds is 10. The number of nitrogens with one attached hydrogen (secondary N) is 1. The predicted octanol–water partition coefficient (Wildman–Crippen LogP) is 4.11. The van der Waals surface area contributed by atoms with E-state index >= 15 is 0 Å². The Hall–Kier alpha value is -1.02. The van der Waals surface area contributed by atoms with Gasteiger partial charge in [-0.25, -0.2) is 0 Å². The van der Waals surface area contributed by atoms with Crippen LogP contribution in [0, 0.1) is 0 Å². The standard InChI is InChI=1S/C18H29NO/c1-2-12-19-13-5-3-4-6-14-20-18-11-10-16-8-7-9-17(16)15-18/h10-11,15,19H,2-9,12-14H2,1H3. The first kappa shape index (κ1) is 15.4. The molecule has 0 spiro atoms. The van der Waals surface area contributed by atoms with E-state index in [1.54, 1.807) is 0 Å². The Kier molecular flexibility index (Phi) is 6.93. The lowest BCUT2D eigenvalue weighted by molar-refractivity contribution is 0.304. The summed E-state index contributed by atoms with van der Waals surface area (Å²) in [4.78, 5) is 0. The molecule has 20 heavy (non-hydrogen) atoms. The summed E-state index contributed by atoms with van der Waals surface area (Å²) in [5, 5.41) is 3.44. The summed E-state index contributed by atoms with van der Waals surface area (Å²) >= 11 is 0. The van der Waals surface area contributed by atoms with Crippen molar-refractivity contribution in [1.82, 2.24) is 5.32 Å². The number of aryl methyl sites for hydroxylation is 2. The average molecular weight is 275 g/mol. The summed E-state index contributed by atoms with van der Waals surface area (Å²) in [5.41, 5.74) is 3.03. The van der Waals surface area contributed by atoms with Crippen LogP contribution >= 0.6 is 0 Å². The molecule has 0 saturated heterocycles. The highest BCUT2D eigenvalue weighted by molar-refractivity contribution is 5.38. The van der Waals surface area contributed by atoms with Gasteiger partial charge in [-0.3, -0.25) is 0 Å². The fourth-order valence-electron chi connectivity index (χ4n) is 2.84. The molecule has 0 heterocycles. The third-order valence-corrected chi connectivity index (χ3v) is 4.01. The predicted molar refractivity (Wildman–Crippen MR) is 85.6 cm³/mol. The fraction of sp³-hybridized carbons (Fsp3) is 0.667. The van der Waals surface area contributed by atoms with E-state index < -0.39 is 0 Å². The van der Waals surface area contributed by atoms with E-state index in [-0.39, 0.29) is 0 Å². The smallest absolute Gasteiger partial charge is 0.119 e. The SMILES string of the molecule is CCCNCCCCCCOc1ccc2c(c1)CCC2. The topological polar surface area (TPSA) is 21.3 Å². The normalized spacial score (nSPS) is 13.4. The van der Waals surface area contributed by atoms with Crippen LogP contribution in [-0.2, 0) is 12.8 Å². The van der Waals surface area contributed by atoms with Crippen molar-refractivity contribution in [2.75, 3.05) is 19.7 Å². The summed E-state index contributed by atoms with van der Waals surface area (Å²) in [6.45, 7) is 5.39. The van der Waals surface area contributed by atoms with E-state index in [1.807, 2.05) is 0 Å². The Balaban J connectivity index is 1.51. The van der Waals surface area contributed by atoms with Crippen LogP contribution in [0.5, 0.6) is 5.75 Å². The number of benzene rings is 1. The van der Waals surface area contributed by atoms with Crippen LogP contribution in [-0.4, -0.2) is 19.7 Å². The maximum Gasteiger partial charge on any atom is 0.119 e. The molecule has 0 bridgehead atoms. The highest BCUT2D eigenvalue weighted by atomic mass is 16.5. The summed E-state index contributed by atoms with van der Waals surface area (Å²) in [6.07, 6.45) is 10.1. The fourth-order valence-corrected chi connectivity index (χ4v) is 2.84. The van der Waals surface area contributed by atoms with Crippen molar-refractivity contribution < 1.29 is 4.74 Å². The Labute approximate surface area is 123 Å². The molecule has 0 amide bonds. The van der Waals surface area contributed by atoms with E-state index in [4.69, 9.17) is 4.74 Å². The summed E-state index contributed by atoms with van der Waals surface area (Å²) < 4.78 is 5.86. The monoisotopic (exact) mass is 275 g/mol. The van der Waals surface area contributed by atoms with Gasteiger partial charge in [0.2, 0.25) is 0 Å². The molecule has 0 aliphatic heterocycles. The molecule has 1 aliphatic rings. The van der Waals surface area contributed by atoms with Crippen molar-refractivity contribution in [3.05, 3.63) is 29.3 Å². The molecule has 0 radical (unpaired) electrons. The van der Waals surface area contributed by atoms with Gasteiger partial charge in [-0.2, -0.15) is 0 Å². The molecule has 0 atom stereocenters. The molecule has 0 aromatic heterocycles. The van der Waals surface area contributed by atoms with E-state index in [1.165, 1.54) is 69.0 Å². The molecule has 2 rings (SSSR count). The van der Waals surface area contributed by atoms with Crippen LogP contribution in [0.2, 0.25) is 0 Å². The van der Waals surface area contributed by atoms with Gasteiger partial charge in [0.15, 0.2) is 0 Å². The first-order chi connectivity index (χ1) is 9.90. The van der Waals surface area contributed by atoms with Crippen molar-refractivity contribution >= 4 is 0 Å². The van der Waals surface area contributed by atoms with Gasteiger partial charge in [0.25, 0.3) is 0 Å². The maximum atomic E-state index is 5.86. The molecule has 1 N–H and O–H groups in total. The van der Waals surface area contributed by atoms with Gasteiger partial charge in [0.05, 0.1) is 6.61 Å². The Morgan fingerprint density at radius 1 is 1.00 bits per heavy atom. The quantitative estimate of drug-likeness (QED) is 0.649. The van der Waals surface area contributed by atoms with Crippen molar-refractivity contribution in [2.45, 2.75) is 58.3 Å². The second-order valence-electron chi connectivity index (χ2n) is 5.80. The molecule has 1 aromatic carbocycles. The number of hydrogen-bond acceptors (Lipinski definition) is 2. The molecule has 0 fully saturated rings. The second-order valence-corrected chi connectivity index (χ2v) is 5.80. The lowest BCUT2D eigenvalue weighted by Crippen LogP contribution is -2.15.